The third-order valence-corrected chi connectivity index (χ3v) is 8.94. The average Bonchev–Trinajstić information content (AvgIpc) is 3.27. The molecule has 1 aliphatic carbocycles. The minimum Gasteiger partial charge on any atom is -0.381 e. The number of thiazole rings is 1. The summed E-state index contributed by atoms with van der Waals surface area (Å²) in [6.45, 7) is 4.37. The lowest BCUT2D eigenvalue weighted by atomic mass is 10.0. The number of carbonyl (C=O) groups is 1. The zero-order valence-corrected chi connectivity index (χ0v) is 21.2. The number of sulfone groups is 1. The molecule has 2 N–H and O–H groups in total. The van der Waals surface area contributed by atoms with Crippen molar-refractivity contribution in [3.63, 3.8) is 0 Å². The zero-order valence-electron chi connectivity index (χ0n) is 19.5. The van der Waals surface area contributed by atoms with Crippen molar-refractivity contribution in [2.45, 2.75) is 44.2 Å². The number of carbonyl (C=O) groups excluding carboxylic acids is 1. The van der Waals surface area contributed by atoms with E-state index in [-0.39, 0.29) is 22.7 Å². The van der Waals surface area contributed by atoms with Gasteiger partial charge in [-0.15, -0.1) is 11.3 Å². The van der Waals surface area contributed by atoms with Crippen LogP contribution >= 0.6 is 11.3 Å². The normalized spacial score (nSPS) is 16.8. The molecule has 1 aliphatic heterocycles. The molecule has 1 atom stereocenters. The highest BCUT2D eigenvalue weighted by Gasteiger charge is 2.41. The minimum atomic E-state index is -3.66. The topological polar surface area (TPSA) is 124 Å². The number of rotatable bonds is 5. The van der Waals surface area contributed by atoms with Gasteiger partial charge in [0.2, 0.25) is 0 Å². The van der Waals surface area contributed by atoms with Crippen molar-refractivity contribution in [1.82, 2.24) is 24.3 Å². The van der Waals surface area contributed by atoms with Gasteiger partial charge in [0.25, 0.3) is 5.91 Å². The summed E-state index contributed by atoms with van der Waals surface area (Å²) in [5.41, 5.74) is 9.70. The summed E-state index contributed by atoms with van der Waals surface area (Å²) in [4.78, 5) is 29.3. The number of imidazole rings is 1. The van der Waals surface area contributed by atoms with Crippen LogP contribution in [0.4, 0.5) is 5.82 Å². The number of nitrogens with two attached hydrogens (primary N) is 1. The number of amides is 1. The molecule has 35 heavy (non-hydrogen) atoms. The van der Waals surface area contributed by atoms with Crippen LogP contribution in [-0.2, 0) is 16.4 Å². The molecular formula is C24H24N6O3S2. The van der Waals surface area contributed by atoms with Crippen molar-refractivity contribution in [3.05, 3.63) is 46.9 Å². The van der Waals surface area contributed by atoms with Crippen LogP contribution in [0, 0.1) is 12.8 Å². The minimum absolute atomic E-state index is 0.0516. The van der Waals surface area contributed by atoms with Gasteiger partial charge in [-0.05, 0) is 50.3 Å². The summed E-state index contributed by atoms with van der Waals surface area (Å²) in [7, 11) is -3.66. The van der Waals surface area contributed by atoms with Crippen molar-refractivity contribution in [2.75, 3.05) is 12.0 Å². The number of nitrogen functional groups attached to an aromatic ring is 1. The lowest BCUT2D eigenvalue weighted by molar-refractivity contribution is 0.0694. The Hall–Kier alpha value is -3.31. The third-order valence-electron chi connectivity index (χ3n) is 6.88. The van der Waals surface area contributed by atoms with Crippen LogP contribution in [0.1, 0.15) is 40.7 Å². The molecule has 4 heterocycles. The van der Waals surface area contributed by atoms with Crippen LogP contribution in [0.15, 0.2) is 35.6 Å². The highest BCUT2D eigenvalue weighted by molar-refractivity contribution is 7.90. The number of hydrogen-bond acceptors (Lipinski definition) is 8. The molecule has 1 amide bonds. The molecule has 1 fully saturated rings. The Morgan fingerprint density at radius 2 is 1.97 bits per heavy atom. The number of fused-ring (bicyclic) bond motifs is 2. The lowest BCUT2D eigenvalue weighted by Crippen LogP contribution is -2.35. The molecule has 0 spiro atoms. The fourth-order valence-electron chi connectivity index (χ4n) is 4.87. The Bertz CT molecular complexity index is 1630. The van der Waals surface area contributed by atoms with Gasteiger partial charge < -0.3 is 10.6 Å². The van der Waals surface area contributed by atoms with Gasteiger partial charge in [0.05, 0.1) is 32.2 Å². The van der Waals surface area contributed by atoms with E-state index in [1.54, 1.807) is 23.4 Å². The maximum atomic E-state index is 13.3. The zero-order chi connectivity index (χ0) is 24.6. The largest absolute Gasteiger partial charge is 0.381 e. The Morgan fingerprint density at radius 1 is 1.20 bits per heavy atom. The van der Waals surface area contributed by atoms with E-state index in [2.05, 4.69) is 15.0 Å². The van der Waals surface area contributed by atoms with E-state index in [1.165, 1.54) is 11.3 Å². The van der Waals surface area contributed by atoms with Gasteiger partial charge in [-0.2, -0.15) is 0 Å². The first kappa shape index (κ1) is 22.2. The molecule has 3 aromatic heterocycles. The van der Waals surface area contributed by atoms with Gasteiger partial charge in [0.1, 0.15) is 5.69 Å². The van der Waals surface area contributed by atoms with E-state index in [4.69, 9.17) is 5.73 Å². The lowest BCUT2D eigenvalue weighted by Gasteiger charge is -2.24. The predicted octanol–water partition coefficient (Wildman–Crippen LogP) is 3.57. The van der Waals surface area contributed by atoms with Crippen LogP contribution in [-0.4, -0.2) is 50.9 Å². The van der Waals surface area contributed by atoms with Gasteiger partial charge in [0.15, 0.2) is 21.3 Å². The molecule has 180 valence electrons. The Kier molecular flexibility index (Phi) is 4.81. The first-order valence-electron chi connectivity index (χ1n) is 11.4. The van der Waals surface area contributed by atoms with Crippen LogP contribution < -0.4 is 5.73 Å². The average molecular weight is 509 g/mol. The molecule has 6 rings (SSSR count). The maximum absolute atomic E-state index is 13.3. The van der Waals surface area contributed by atoms with Gasteiger partial charge in [-0.3, -0.25) is 9.20 Å². The molecule has 11 heteroatoms. The Balaban J connectivity index is 1.52. The van der Waals surface area contributed by atoms with Crippen LogP contribution in [0.5, 0.6) is 0 Å². The molecule has 9 nitrogen and oxygen atoms in total. The van der Waals surface area contributed by atoms with Crippen LogP contribution in [0.3, 0.4) is 0 Å². The molecule has 0 bridgehead atoms. The highest BCUT2D eigenvalue weighted by atomic mass is 32.2. The standard InChI is InChI=1S/C24H24N6O3S2/c1-12(14-4-5-14)29-10-16-6-15(7-20(35(3,32)33)21(16)24(29)31)18-8-27-23-22(25)28-17(11-30(18)23)19-9-26-13(2)34-19/h6-9,11-12,14H,4-5,10H2,1-3H3,(H2,25,28). The maximum Gasteiger partial charge on any atom is 0.256 e. The first-order chi connectivity index (χ1) is 16.6. The third kappa shape index (κ3) is 3.61. The molecule has 1 unspecified atom stereocenters. The second-order valence-electron chi connectivity index (χ2n) is 9.38. The van der Waals surface area contributed by atoms with E-state index in [0.717, 1.165) is 34.5 Å². The number of hydrogen-bond donors (Lipinski definition) is 1. The number of aromatic nitrogens is 4. The molecule has 4 aromatic rings. The predicted molar refractivity (Wildman–Crippen MR) is 134 cm³/mol. The van der Waals surface area contributed by atoms with Gasteiger partial charge in [-0.1, -0.05) is 0 Å². The van der Waals surface area contributed by atoms with Crippen LogP contribution in [0.25, 0.3) is 27.5 Å². The molecule has 0 radical (unpaired) electrons. The molecule has 1 saturated carbocycles. The second kappa shape index (κ2) is 7.59. The highest BCUT2D eigenvalue weighted by Crippen LogP contribution is 2.41. The van der Waals surface area contributed by atoms with E-state index in [9.17, 15) is 13.2 Å². The summed E-state index contributed by atoms with van der Waals surface area (Å²) < 4.78 is 27.4. The Labute approximate surface area is 206 Å². The number of benzene rings is 1. The van der Waals surface area contributed by atoms with Crippen molar-refractivity contribution >= 4 is 38.5 Å². The first-order valence-corrected chi connectivity index (χ1v) is 14.1. The fraction of sp³-hybridized carbons (Fsp3) is 0.333. The van der Waals surface area contributed by atoms with E-state index >= 15 is 0 Å². The van der Waals surface area contributed by atoms with Gasteiger partial charge in [-0.25, -0.2) is 23.4 Å². The van der Waals surface area contributed by atoms with Crippen molar-refractivity contribution in [2.24, 2.45) is 5.92 Å². The van der Waals surface area contributed by atoms with E-state index in [0.29, 0.717) is 40.6 Å². The molecular weight excluding hydrogens is 484 g/mol. The molecule has 2 aliphatic rings. The van der Waals surface area contributed by atoms with Crippen LogP contribution in [0.2, 0.25) is 0 Å². The quantitative estimate of drug-likeness (QED) is 0.437. The van der Waals surface area contributed by atoms with Crippen molar-refractivity contribution < 1.29 is 13.2 Å². The SMILES string of the molecule is Cc1ncc(-c2cn3c(-c4cc5c(c(S(C)(=O)=O)c4)C(=O)N(C(C)C4CC4)C5)cnc3c(N)n2)s1. The van der Waals surface area contributed by atoms with Gasteiger partial charge >= 0.3 is 0 Å². The summed E-state index contributed by atoms with van der Waals surface area (Å²) >= 11 is 1.51. The van der Waals surface area contributed by atoms with Crippen molar-refractivity contribution in [3.8, 4) is 21.8 Å². The summed E-state index contributed by atoms with van der Waals surface area (Å²) in [5.74, 6) is 0.544. The number of anilines is 1. The smallest absolute Gasteiger partial charge is 0.256 e. The summed E-state index contributed by atoms with van der Waals surface area (Å²) in [6, 6.07) is 3.56. The van der Waals surface area contributed by atoms with E-state index in [1.807, 2.05) is 30.5 Å². The Morgan fingerprint density at radius 3 is 2.63 bits per heavy atom. The van der Waals surface area contributed by atoms with E-state index < -0.39 is 9.84 Å². The monoisotopic (exact) mass is 508 g/mol. The second-order valence-corrected chi connectivity index (χ2v) is 12.6. The van der Waals surface area contributed by atoms with Crippen molar-refractivity contribution in [1.29, 1.82) is 0 Å². The summed E-state index contributed by atoms with van der Waals surface area (Å²) in [5, 5.41) is 0.914. The number of aryl methyl sites for hydroxylation is 1. The molecule has 1 aromatic carbocycles. The summed E-state index contributed by atoms with van der Waals surface area (Å²) in [6.07, 6.45) is 8.59. The molecule has 0 saturated heterocycles. The number of nitrogens with zero attached hydrogens (tertiary/aromatic N) is 5. The van der Waals surface area contributed by atoms with Gasteiger partial charge in [0, 0.05) is 36.8 Å². The fourth-order valence-corrected chi connectivity index (χ4v) is 6.53.